The van der Waals surface area contributed by atoms with Crippen molar-refractivity contribution in [3.63, 3.8) is 0 Å². The molecule has 86 valence electrons. The van der Waals surface area contributed by atoms with E-state index in [9.17, 15) is 0 Å². The van der Waals surface area contributed by atoms with Gasteiger partial charge in [-0.3, -0.25) is 0 Å². The summed E-state index contributed by atoms with van der Waals surface area (Å²) in [4.78, 5) is 0. The predicted molar refractivity (Wildman–Crippen MR) is 62.5 cm³/mol. The summed E-state index contributed by atoms with van der Waals surface area (Å²) in [6.45, 7) is 1.78. The Kier molecular flexibility index (Phi) is 9.15. The van der Waals surface area contributed by atoms with Gasteiger partial charge in [-0.05, 0) is 31.4 Å². The van der Waals surface area contributed by atoms with Crippen molar-refractivity contribution in [2.45, 2.75) is 25.8 Å². The molecule has 0 saturated carbocycles. The molecular weight excluding hydrogens is 272 g/mol. The molecule has 0 aliphatic heterocycles. The zero-order chi connectivity index (χ0) is 10.2. The van der Waals surface area contributed by atoms with Crippen molar-refractivity contribution in [1.29, 1.82) is 0 Å². The molecule has 0 spiro atoms. The smallest absolute Gasteiger partial charge is 0.169 e. The molecule has 2 nitrogen and oxygen atoms in total. The zero-order valence-electron chi connectivity index (χ0n) is 8.90. The summed E-state index contributed by atoms with van der Waals surface area (Å²) in [5.41, 5.74) is 6.84. The number of halogens is 1. The summed E-state index contributed by atoms with van der Waals surface area (Å²) < 4.78 is 2.15. The summed E-state index contributed by atoms with van der Waals surface area (Å²) in [6, 6.07) is 4.36. The number of hydrogen-bond acceptors (Lipinski definition) is 2. The van der Waals surface area contributed by atoms with Crippen LogP contribution in [0.1, 0.15) is 18.4 Å². The molecule has 0 fully saturated rings. The highest BCUT2D eigenvalue weighted by molar-refractivity contribution is 7.80. The van der Waals surface area contributed by atoms with Crippen molar-refractivity contribution in [3.8, 4) is 0 Å². The minimum absolute atomic E-state index is 0. The summed E-state index contributed by atoms with van der Waals surface area (Å²) in [5, 5.41) is 0. The maximum Gasteiger partial charge on any atom is 0.169 e. The Balaban J connectivity index is 0.00000196. The number of aromatic nitrogens is 1. The molecule has 1 heterocycles. The van der Waals surface area contributed by atoms with E-state index in [2.05, 4.69) is 41.7 Å². The van der Waals surface area contributed by atoms with Gasteiger partial charge in [0.05, 0.1) is 0 Å². The van der Waals surface area contributed by atoms with Crippen LogP contribution in [0.25, 0.3) is 0 Å². The highest BCUT2D eigenvalue weighted by atomic mass is 79.9. The highest BCUT2D eigenvalue weighted by Crippen LogP contribution is 2.01. The van der Waals surface area contributed by atoms with Crippen molar-refractivity contribution in [1.82, 2.24) is 0 Å². The molecule has 0 aliphatic rings. The molecule has 2 N–H and O–H groups in total. The van der Waals surface area contributed by atoms with Crippen molar-refractivity contribution >= 4 is 12.6 Å². The Morgan fingerprint density at radius 3 is 2.40 bits per heavy atom. The Bertz CT molecular complexity index is 251. The van der Waals surface area contributed by atoms with E-state index in [0.29, 0.717) is 0 Å². The van der Waals surface area contributed by atoms with E-state index in [1.54, 1.807) is 0 Å². The van der Waals surface area contributed by atoms with Crippen LogP contribution in [0.4, 0.5) is 0 Å². The topological polar surface area (TPSA) is 29.9 Å². The van der Waals surface area contributed by atoms with E-state index < -0.39 is 0 Å². The van der Waals surface area contributed by atoms with Crippen LogP contribution >= 0.6 is 12.6 Å². The number of thiol groups is 1. The lowest BCUT2D eigenvalue weighted by molar-refractivity contribution is -0.692. The first-order chi connectivity index (χ1) is 6.86. The Labute approximate surface area is 108 Å². The fraction of sp³-hybridized carbons (Fsp3) is 0.545. The lowest BCUT2D eigenvalue weighted by atomic mass is 10.1. The van der Waals surface area contributed by atoms with Crippen molar-refractivity contribution in [3.05, 3.63) is 30.1 Å². The number of hydrogen-bond donors (Lipinski definition) is 2. The van der Waals surface area contributed by atoms with Crippen molar-refractivity contribution in [2.75, 3.05) is 12.3 Å². The SMILES string of the molecule is NCCCCc1cc[n+](CCS)cc1.[Br-]. The number of nitrogens with zero attached hydrogens (tertiary/aromatic N) is 1. The lowest BCUT2D eigenvalue weighted by Crippen LogP contribution is -3.00. The van der Waals surface area contributed by atoms with Gasteiger partial charge in [0, 0.05) is 17.9 Å². The largest absolute Gasteiger partial charge is 1.00 e. The third kappa shape index (κ3) is 6.17. The predicted octanol–water partition coefficient (Wildman–Crippen LogP) is -1.81. The number of unbranched alkanes of at least 4 members (excludes halogenated alkanes) is 1. The minimum atomic E-state index is 0. The maximum absolute atomic E-state index is 5.44. The summed E-state index contributed by atoms with van der Waals surface area (Å²) >= 11 is 4.19. The van der Waals surface area contributed by atoms with Crippen molar-refractivity contribution < 1.29 is 21.5 Å². The quantitative estimate of drug-likeness (QED) is 0.361. The van der Waals surface area contributed by atoms with Gasteiger partial charge in [-0.15, -0.1) is 0 Å². The molecule has 0 amide bonds. The normalized spacial score (nSPS) is 9.73. The van der Waals surface area contributed by atoms with Crippen molar-refractivity contribution in [2.24, 2.45) is 5.73 Å². The first-order valence-corrected chi connectivity index (χ1v) is 5.79. The molecule has 0 atom stereocenters. The molecule has 1 aromatic heterocycles. The molecule has 0 bridgehead atoms. The van der Waals surface area contributed by atoms with Gasteiger partial charge in [0.2, 0.25) is 0 Å². The highest BCUT2D eigenvalue weighted by Gasteiger charge is 1.98. The standard InChI is InChI=1S/C11H18N2S.BrH/c12-6-2-1-3-11-4-7-13(8-5-11)9-10-14;/h4-5,7-8H,1-3,6,9-10,12H2;1H. The van der Waals surface area contributed by atoms with E-state index in [1.165, 1.54) is 12.0 Å². The average Bonchev–Trinajstić information content (AvgIpc) is 2.21. The summed E-state index contributed by atoms with van der Waals surface area (Å²) in [7, 11) is 0. The Morgan fingerprint density at radius 2 is 1.87 bits per heavy atom. The number of pyridine rings is 1. The van der Waals surface area contributed by atoms with E-state index >= 15 is 0 Å². The minimum Gasteiger partial charge on any atom is -1.00 e. The third-order valence-corrected chi connectivity index (χ3v) is 2.44. The number of aryl methyl sites for hydroxylation is 2. The van der Waals surface area contributed by atoms with E-state index in [-0.39, 0.29) is 17.0 Å². The molecule has 0 aliphatic carbocycles. The van der Waals surface area contributed by atoms with Gasteiger partial charge < -0.3 is 22.7 Å². The maximum atomic E-state index is 5.44. The van der Waals surface area contributed by atoms with E-state index in [4.69, 9.17) is 5.73 Å². The second kappa shape index (κ2) is 9.19. The van der Waals surface area contributed by atoms with Crippen LogP contribution < -0.4 is 27.3 Å². The van der Waals surface area contributed by atoms with E-state index in [0.717, 1.165) is 31.7 Å². The Morgan fingerprint density at radius 1 is 1.20 bits per heavy atom. The lowest BCUT2D eigenvalue weighted by Gasteiger charge is -1.99. The Hall–Kier alpha value is -0.0600. The molecule has 0 aromatic carbocycles. The van der Waals surface area contributed by atoms with Gasteiger partial charge >= 0.3 is 0 Å². The van der Waals surface area contributed by atoms with Gasteiger partial charge in [0.1, 0.15) is 0 Å². The van der Waals surface area contributed by atoms with Gasteiger partial charge in [-0.25, -0.2) is 4.57 Å². The second-order valence-electron chi connectivity index (χ2n) is 3.41. The fourth-order valence-corrected chi connectivity index (χ4v) is 1.62. The van der Waals surface area contributed by atoms with E-state index in [1.807, 2.05) is 0 Å². The van der Waals surface area contributed by atoms with Crippen LogP contribution in [0, 0.1) is 0 Å². The van der Waals surface area contributed by atoms with Crippen LogP contribution in [0.3, 0.4) is 0 Å². The first kappa shape index (κ1) is 14.9. The van der Waals surface area contributed by atoms with Crippen LogP contribution in [0.5, 0.6) is 0 Å². The van der Waals surface area contributed by atoms with Crippen LogP contribution in [0.2, 0.25) is 0 Å². The average molecular weight is 291 g/mol. The number of nitrogens with two attached hydrogens (primary N) is 1. The number of rotatable bonds is 6. The van der Waals surface area contributed by atoms with Crippen LogP contribution in [0.15, 0.2) is 24.5 Å². The third-order valence-electron chi connectivity index (χ3n) is 2.24. The molecule has 1 rings (SSSR count). The molecular formula is C11H19BrN2S. The van der Waals surface area contributed by atoms with Gasteiger partial charge in [0.15, 0.2) is 18.9 Å². The second-order valence-corrected chi connectivity index (χ2v) is 3.86. The zero-order valence-corrected chi connectivity index (χ0v) is 11.4. The molecule has 0 radical (unpaired) electrons. The molecule has 15 heavy (non-hydrogen) atoms. The summed E-state index contributed by atoms with van der Waals surface area (Å²) in [5.74, 6) is 0.886. The molecule has 0 unspecified atom stereocenters. The van der Waals surface area contributed by atoms with Crippen LogP contribution in [-0.4, -0.2) is 12.3 Å². The first-order valence-electron chi connectivity index (χ1n) is 5.15. The monoisotopic (exact) mass is 290 g/mol. The molecule has 4 heteroatoms. The molecule has 0 saturated heterocycles. The molecule has 1 aromatic rings. The fourth-order valence-electron chi connectivity index (χ4n) is 1.39. The van der Waals surface area contributed by atoms with Gasteiger partial charge in [-0.1, -0.05) is 0 Å². The van der Waals surface area contributed by atoms with Gasteiger partial charge in [0.25, 0.3) is 0 Å². The summed E-state index contributed by atoms with van der Waals surface area (Å²) in [6.07, 6.45) is 7.68. The van der Waals surface area contributed by atoms with Gasteiger partial charge in [-0.2, -0.15) is 12.6 Å². The van der Waals surface area contributed by atoms with Crippen LogP contribution in [-0.2, 0) is 13.0 Å².